The summed E-state index contributed by atoms with van der Waals surface area (Å²) in [6, 6.07) is 4.20. The highest BCUT2D eigenvalue weighted by molar-refractivity contribution is 8.01. The highest BCUT2D eigenvalue weighted by atomic mass is 32.2. The molecule has 1 aliphatic rings. The van der Waals surface area contributed by atoms with Crippen LogP contribution < -0.4 is 11.1 Å². The van der Waals surface area contributed by atoms with Crippen molar-refractivity contribution >= 4 is 29.0 Å². The zero-order valence-electron chi connectivity index (χ0n) is 12.6. The zero-order chi connectivity index (χ0) is 15.4. The Hall–Kier alpha value is -1.23. The minimum atomic E-state index is -0.457. The van der Waals surface area contributed by atoms with Gasteiger partial charge in [0.2, 0.25) is 5.91 Å². The molecule has 116 valence electrons. The predicted octanol–water partition coefficient (Wildman–Crippen LogP) is 4.05. The minimum Gasteiger partial charge on any atom is -0.399 e. The van der Waals surface area contributed by atoms with Gasteiger partial charge in [-0.3, -0.25) is 4.79 Å². The van der Waals surface area contributed by atoms with Crippen molar-refractivity contribution in [3.05, 3.63) is 24.0 Å². The maximum atomic E-state index is 13.6. The van der Waals surface area contributed by atoms with Gasteiger partial charge < -0.3 is 11.1 Å². The molecule has 1 aromatic rings. The summed E-state index contributed by atoms with van der Waals surface area (Å²) in [5.74, 6) is 0.113. The number of nitrogens with two attached hydrogens (primary N) is 1. The number of carbonyl (C=O) groups is 1. The first-order valence-corrected chi connectivity index (χ1v) is 8.41. The van der Waals surface area contributed by atoms with Crippen LogP contribution in [0.3, 0.4) is 0 Å². The smallest absolute Gasteiger partial charge is 0.237 e. The standard InChI is InChI=1S/C16H23FN2OS/c1-10-4-3-5-13(8-10)21-11(2)16(20)19-15-9-12(18)6-7-14(15)17/h6-7,9-11,13H,3-5,8,18H2,1-2H3,(H,19,20). The zero-order valence-corrected chi connectivity index (χ0v) is 13.4. The van der Waals surface area contributed by atoms with Crippen LogP contribution in [0.5, 0.6) is 0 Å². The molecule has 3 N–H and O–H groups in total. The second-order valence-corrected chi connectivity index (χ2v) is 7.55. The molecule has 0 aliphatic heterocycles. The summed E-state index contributed by atoms with van der Waals surface area (Å²) in [5.41, 5.74) is 6.22. The molecule has 3 atom stereocenters. The van der Waals surface area contributed by atoms with Crippen LogP contribution in [0.2, 0.25) is 0 Å². The fraction of sp³-hybridized carbons (Fsp3) is 0.562. The molecule has 0 heterocycles. The van der Waals surface area contributed by atoms with Gasteiger partial charge in [-0.05, 0) is 43.9 Å². The van der Waals surface area contributed by atoms with Crippen LogP contribution in [-0.2, 0) is 4.79 Å². The van der Waals surface area contributed by atoms with E-state index in [-0.39, 0.29) is 16.8 Å². The second-order valence-electron chi connectivity index (χ2n) is 5.90. The number of nitrogen functional groups attached to an aromatic ring is 1. The third-order valence-electron chi connectivity index (χ3n) is 3.90. The lowest BCUT2D eigenvalue weighted by Crippen LogP contribution is -2.27. The number of nitrogens with one attached hydrogen (secondary N) is 1. The molecule has 3 unspecified atom stereocenters. The van der Waals surface area contributed by atoms with Gasteiger partial charge in [-0.2, -0.15) is 0 Å². The Kier molecular flexibility index (Phi) is 5.51. The maximum Gasteiger partial charge on any atom is 0.237 e. The molecule has 1 fully saturated rings. The minimum absolute atomic E-state index is 0.157. The normalized spacial score (nSPS) is 23.6. The first-order chi connectivity index (χ1) is 9.95. The lowest BCUT2D eigenvalue weighted by Gasteiger charge is -2.28. The lowest BCUT2D eigenvalue weighted by molar-refractivity contribution is -0.115. The molecule has 0 aromatic heterocycles. The quantitative estimate of drug-likeness (QED) is 0.825. The van der Waals surface area contributed by atoms with E-state index in [0.717, 1.165) is 12.3 Å². The Morgan fingerprint density at radius 1 is 1.48 bits per heavy atom. The lowest BCUT2D eigenvalue weighted by atomic mass is 9.91. The Morgan fingerprint density at radius 3 is 2.95 bits per heavy atom. The molecular formula is C16H23FN2OS. The van der Waals surface area contributed by atoms with E-state index < -0.39 is 5.82 Å². The number of amides is 1. The Bertz CT molecular complexity index is 509. The molecule has 0 bridgehead atoms. The van der Waals surface area contributed by atoms with Crippen molar-refractivity contribution in [2.24, 2.45) is 5.92 Å². The number of halogens is 1. The molecule has 2 rings (SSSR count). The van der Waals surface area contributed by atoms with Crippen LogP contribution in [0.1, 0.15) is 39.5 Å². The SMILES string of the molecule is CC1CCCC(SC(C)C(=O)Nc2cc(N)ccc2F)C1. The van der Waals surface area contributed by atoms with Gasteiger partial charge in [0.15, 0.2) is 0 Å². The van der Waals surface area contributed by atoms with E-state index in [1.54, 1.807) is 11.8 Å². The number of hydrogen-bond acceptors (Lipinski definition) is 3. The Morgan fingerprint density at radius 2 is 2.24 bits per heavy atom. The summed E-state index contributed by atoms with van der Waals surface area (Å²) < 4.78 is 13.6. The Balaban J connectivity index is 1.91. The topological polar surface area (TPSA) is 55.1 Å². The average molecular weight is 310 g/mol. The molecular weight excluding hydrogens is 287 g/mol. The number of benzene rings is 1. The van der Waals surface area contributed by atoms with Crippen molar-refractivity contribution in [1.29, 1.82) is 0 Å². The van der Waals surface area contributed by atoms with E-state index in [1.807, 2.05) is 6.92 Å². The summed E-state index contributed by atoms with van der Waals surface area (Å²) in [6.07, 6.45) is 4.84. The molecule has 1 aliphatic carbocycles. The number of rotatable bonds is 4. The van der Waals surface area contributed by atoms with Crippen molar-refractivity contribution in [2.75, 3.05) is 11.1 Å². The third-order valence-corrected chi connectivity index (χ3v) is 5.34. The van der Waals surface area contributed by atoms with Crippen molar-refractivity contribution < 1.29 is 9.18 Å². The molecule has 5 heteroatoms. The van der Waals surface area contributed by atoms with Gasteiger partial charge in [-0.15, -0.1) is 11.8 Å². The van der Waals surface area contributed by atoms with Gasteiger partial charge in [0, 0.05) is 10.9 Å². The molecule has 1 saturated carbocycles. The van der Waals surface area contributed by atoms with Crippen molar-refractivity contribution in [3.63, 3.8) is 0 Å². The van der Waals surface area contributed by atoms with Gasteiger partial charge >= 0.3 is 0 Å². The number of hydrogen-bond donors (Lipinski definition) is 2. The van der Waals surface area contributed by atoms with Crippen LogP contribution in [0, 0.1) is 11.7 Å². The summed E-state index contributed by atoms with van der Waals surface area (Å²) in [4.78, 5) is 12.2. The molecule has 0 saturated heterocycles. The van der Waals surface area contributed by atoms with E-state index in [4.69, 9.17) is 5.73 Å². The van der Waals surface area contributed by atoms with Crippen molar-refractivity contribution in [1.82, 2.24) is 0 Å². The summed E-state index contributed by atoms with van der Waals surface area (Å²) >= 11 is 1.70. The largest absolute Gasteiger partial charge is 0.399 e. The monoisotopic (exact) mass is 310 g/mol. The van der Waals surface area contributed by atoms with Crippen LogP contribution >= 0.6 is 11.8 Å². The maximum absolute atomic E-state index is 13.6. The van der Waals surface area contributed by atoms with Gasteiger partial charge in [0.25, 0.3) is 0 Å². The first-order valence-electron chi connectivity index (χ1n) is 7.47. The molecule has 0 radical (unpaired) electrons. The molecule has 0 spiro atoms. The van der Waals surface area contributed by atoms with E-state index >= 15 is 0 Å². The molecule has 3 nitrogen and oxygen atoms in total. The van der Waals surface area contributed by atoms with Gasteiger partial charge in [0.05, 0.1) is 10.9 Å². The summed E-state index contributed by atoms with van der Waals surface area (Å²) in [6.45, 7) is 4.14. The van der Waals surface area contributed by atoms with Crippen LogP contribution in [0.25, 0.3) is 0 Å². The predicted molar refractivity (Wildman–Crippen MR) is 87.9 cm³/mol. The second kappa shape index (κ2) is 7.16. The van der Waals surface area contributed by atoms with Crippen molar-refractivity contribution in [3.8, 4) is 0 Å². The summed E-state index contributed by atoms with van der Waals surface area (Å²) in [5, 5.41) is 2.97. The number of anilines is 2. The van der Waals surface area contributed by atoms with E-state index in [2.05, 4.69) is 12.2 Å². The van der Waals surface area contributed by atoms with Gasteiger partial charge in [-0.25, -0.2) is 4.39 Å². The molecule has 21 heavy (non-hydrogen) atoms. The van der Waals surface area contributed by atoms with E-state index in [1.165, 1.54) is 37.5 Å². The van der Waals surface area contributed by atoms with Crippen molar-refractivity contribution in [2.45, 2.75) is 50.0 Å². The molecule has 1 aromatic carbocycles. The van der Waals surface area contributed by atoms with Crippen LogP contribution in [0.4, 0.5) is 15.8 Å². The van der Waals surface area contributed by atoms with Gasteiger partial charge in [0.1, 0.15) is 5.82 Å². The fourth-order valence-corrected chi connectivity index (χ4v) is 4.23. The fourth-order valence-electron chi connectivity index (χ4n) is 2.73. The number of carbonyl (C=O) groups excluding carboxylic acids is 1. The third kappa shape index (κ3) is 4.63. The summed E-state index contributed by atoms with van der Waals surface area (Å²) in [7, 11) is 0. The van der Waals surface area contributed by atoms with Crippen LogP contribution in [0.15, 0.2) is 18.2 Å². The molecule has 1 amide bonds. The highest BCUT2D eigenvalue weighted by Crippen LogP contribution is 2.34. The highest BCUT2D eigenvalue weighted by Gasteiger charge is 2.24. The van der Waals surface area contributed by atoms with Crippen LogP contribution in [-0.4, -0.2) is 16.4 Å². The first kappa shape index (κ1) is 16.1. The van der Waals surface area contributed by atoms with E-state index in [0.29, 0.717) is 10.9 Å². The number of thioether (sulfide) groups is 1. The van der Waals surface area contributed by atoms with Gasteiger partial charge in [-0.1, -0.05) is 19.8 Å². The Labute approximate surface area is 129 Å². The van der Waals surface area contributed by atoms with E-state index in [9.17, 15) is 9.18 Å². The average Bonchev–Trinajstić information content (AvgIpc) is 2.43.